The van der Waals surface area contributed by atoms with Crippen molar-refractivity contribution in [1.82, 2.24) is 9.55 Å². The predicted octanol–water partition coefficient (Wildman–Crippen LogP) is 1.55. The average molecular weight is 231 g/mol. The minimum atomic E-state index is 0.0867. The standard InChI is InChI=1S/C13H17N3O/c1-15-8-7-14-13(15)9-16(2)12-5-3-11(10-17)4-6-12/h3-8,17H,9-10H2,1-2H3. The molecule has 0 saturated heterocycles. The van der Waals surface area contributed by atoms with Crippen LogP contribution in [0.5, 0.6) is 0 Å². The van der Waals surface area contributed by atoms with Gasteiger partial charge in [-0.3, -0.25) is 0 Å². The van der Waals surface area contributed by atoms with E-state index in [-0.39, 0.29) is 6.61 Å². The van der Waals surface area contributed by atoms with Crippen molar-refractivity contribution in [3.05, 3.63) is 48.0 Å². The number of aromatic nitrogens is 2. The van der Waals surface area contributed by atoms with Gasteiger partial charge in [-0.05, 0) is 17.7 Å². The Hall–Kier alpha value is -1.81. The number of aliphatic hydroxyl groups is 1. The fraction of sp³-hybridized carbons (Fsp3) is 0.308. The van der Waals surface area contributed by atoms with Gasteiger partial charge in [-0.1, -0.05) is 12.1 Å². The summed E-state index contributed by atoms with van der Waals surface area (Å²) in [6, 6.07) is 7.89. The number of hydrogen-bond donors (Lipinski definition) is 1. The van der Waals surface area contributed by atoms with Crippen molar-refractivity contribution in [1.29, 1.82) is 0 Å². The molecule has 0 fully saturated rings. The SMILES string of the molecule is CN(Cc1nccn1C)c1ccc(CO)cc1. The molecule has 1 heterocycles. The molecule has 90 valence electrons. The van der Waals surface area contributed by atoms with Crippen LogP contribution in [0, 0.1) is 0 Å². The Bertz CT molecular complexity index is 476. The van der Waals surface area contributed by atoms with E-state index in [1.807, 2.05) is 49.1 Å². The maximum atomic E-state index is 8.98. The zero-order valence-electron chi connectivity index (χ0n) is 10.2. The molecule has 1 aromatic carbocycles. The lowest BCUT2D eigenvalue weighted by Gasteiger charge is -2.19. The second-order valence-corrected chi connectivity index (χ2v) is 4.13. The molecule has 2 aromatic rings. The van der Waals surface area contributed by atoms with E-state index >= 15 is 0 Å². The lowest BCUT2D eigenvalue weighted by Crippen LogP contribution is -2.18. The summed E-state index contributed by atoms with van der Waals surface area (Å²) in [5.41, 5.74) is 2.05. The van der Waals surface area contributed by atoms with Crippen LogP contribution < -0.4 is 4.90 Å². The van der Waals surface area contributed by atoms with Gasteiger partial charge in [0.05, 0.1) is 13.2 Å². The third-order valence-corrected chi connectivity index (χ3v) is 2.86. The lowest BCUT2D eigenvalue weighted by atomic mass is 10.2. The summed E-state index contributed by atoms with van der Waals surface area (Å²) in [7, 11) is 4.02. The van der Waals surface area contributed by atoms with Crippen molar-refractivity contribution < 1.29 is 5.11 Å². The number of anilines is 1. The summed E-state index contributed by atoms with van der Waals surface area (Å²) >= 11 is 0. The highest BCUT2D eigenvalue weighted by atomic mass is 16.3. The molecule has 0 atom stereocenters. The molecular formula is C13H17N3O. The zero-order chi connectivity index (χ0) is 12.3. The van der Waals surface area contributed by atoms with Gasteiger partial charge in [0.1, 0.15) is 5.82 Å². The average Bonchev–Trinajstić information content (AvgIpc) is 2.75. The van der Waals surface area contributed by atoms with Crippen LogP contribution in [0.15, 0.2) is 36.7 Å². The Labute approximate surface area is 101 Å². The molecule has 1 N–H and O–H groups in total. The zero-order valence-corrected chi connectivity index (χ0v) is 10.2. The van der Waals surface area contributed by atoms with E-state index in [9.17, 15) is 0 Å². The van der Waals surface area contributed by atoms with Crippen LogP contribution in [-0.4, -0.2) is 21.7 Å². The molecule has 0 saturated carbocycles. The molecular weight excluding hydrogens is 214 g/mol. The highest BCUT2D eigenvalue weighted by Gasteiger charge is 2.05. The molecule has 4 nitrogen and oxygen atoms in total. The van der Waals surface area contributed by atoms with E-state index in [4.69, 9.17) is 5.11 Å². The van der Waals surface area contributed by atoms with Crippen molar-refractivity contribution in [3.8, 4) is 0 Å². The Balaban J connectivity index is 2.09. The summed E-state index contributed by atoms with van der Waals surface area (Å²) < 4.78 is 2.01. The van der Waals surface area contributed by atoms with E-state index in [2.05, 4.69) is 9.88 Å². The normalized spacial score (nSPS) is 10.5. The fourth-order valence-electron chi connectivity index (χ4n) is 1.71. The number of aliphatic hydroxyl groups excluding tert-OH is 1. The third-order valence-electron chi connectivity index (χ3n) is 2.86. The Morgan fingerprint density at radius 1 is 1.29 bits per heavy atom. The first-order valence-corrected chi connectivity index (χ1v) is 5.58. The minimum Gasteiger partial charge on any atom is -0.392 e. The maximum absolute atomic E-state index is 8.98. The van der Waals surface area contributed by atoms with Gasteiger partial charge in [-0.15, -0.1) is 0 Å². The Morgan fingerprint density at radius 2 is 2.00 bits per heavy atom. The number of hydrogen-bond acceptors (Lipinski definition) is 3. The second kappa shape index (κ2) is 5.01. The van der Waals surface area contributed by atoms with Gasteiger partial charge in [0.2, 0.25) is 0 Å². The van der Waals surface area contributed by atoms with Crippen LogP contribution >= 0.6 is 0 Å². The molecule has 4 heteroatoms. The summed E-state index contributed by atoms with van der Waals surface area (Å²) in [5.74, 6) is 1.03. The number of aryl methyl sites for hydroxylation is 1. The Kier molecular flexibility index (Phi) is 3.44. The van der Waals surface area contributed by atoms with Crippen LogP contribution in [-0.2, 0) is 20.2 Å². The van der Waals surface area contributed by atoms with E-state index in [1.165, 1.54) is 0 Å². The summed E-state index contributed by atoms with van der Waals surface area (Å²) in [5, 5.41) is 8.98. The highest BCUT2D eigenvalue weighted by Crippen LogP contribution is 2.15. The summed E-state index contributed by atoms with van der Waals surface area (Å²) in [4.78, 5) is 6.42. The van der Waals surface area contributed by atoms with Gasteiger partial charge < -0.3 is 14.6 Å². The molecule has 2 rings (SSSR count). The van der Waals surface area contributed by atoms with Crippen molar-refractivity contribution in [2.24, 2.45) is 7.05 Å². The summed E-state index contributed by atoms with van der Waals surface area (Å²) in [6.45, 7) is 0.853. The van der Waals surface area contributed by atoms with Crippen molar-refractivity contribution >= 4 is 5.69 Å². The van der Waals surface area contributed by atoms with Gasteiger partial charge in [0.25, 0.3) is 0 Å². The van der Waals surface area contributed by atoms with Gasteiger partial charge in [0.15, 0.2) is 0 Å². The first kappa shape index (κ1) is 11.7. The minimum absolute atomic E-state index is 0.0867. The monoisotopic (exact) mass is 231 g/mol. The number of benzene rings is 1. The second-order valence-electron chi connectivity index (χ2n) is 4.13. The molecule has 0 unspecified atom stereocenters. The van der Waals surface area contributed by atoms with Gasteiger partial charge in [-0.25, -0.2) is 4.98 Å². The van der Waals surface area contributed by atoms with Crippen molar-refractivity contribution in [2.45, 2.75) is 13.2 Å². The van der Waals surface area contributed by atoms with Crippen LogP contribution in [0.3, 0.4) is 0 Å². The van der Waals surface area contributed by atoms with E-state index in [0.717, 1.165) is 23.6 Å². The largest absolute Gasteiger partial charge is 0.392 e. The van der Waals surface area contributed by atoms with E-state index < -0.39 is 0 Å². The summed E-state index contributed by atoms with van der Waals surface area (Å²) in [6.07, 6.45) is 3.75. The number of imidazole rings is 1. The van der Waals surface area contributed by atoms with Gasteiger partial charge in [-0.2, -0.15) is 0 Å². The molecule has 0 aliphatic carbocycles. The fourth-order valence-corrected chi connectivity index (χ4v) is 1.71. The van der Waals surface area contributed by atoms with Gasteiger partial charge in [0, 0.05) is 32.2 Å². The quantitative estimate of drug-likeness (QED) is 0.868. The van der Waals surface area contributed by atoms with Crippen molar-refractivity contribution in [2.75, 3.05) is 11.9 Å². The van der Waals surface area contributed by atoms with Crippen LogP contribution in [0.4, 0.5) is 5.69 Å². The third kappa shape index (κ3) is 2.65. The van der Waals surface area contributed by atoms with Gasteiger partial charge >= 0.3 is 0 Å². The van der Waals surface area contributed by atoms with Crippen molar-refractivity contribution in [3.63, 3.8) is 0 Å². The van der Waals surface area contributed by atoms with E-state index in [0.29, 0.717) is 0 Å². The molecule has 0 aliphatic heterocycles. The molecule has 0 amide bonds. The molecule has 0 aliphatic rings. The molecule has 1 aromatic heterocycles. The highest BCUT2D eigenvalue weighted by molar-refractivity contribution is 5.46. The first-order chi connectivity index (χ1) is 8.20. The predicted molar refractivity (Wildman–Crippen MR) is 67.7 cm³/mol. The maximum Gasteiger partial charge on any atom is 0.127 e. The Morgan fingerprint density at radius 3 is 2.53 bits per heavy atom. The van der Waals surface area contributed by atoms with Crippen LogP contribution in [0.25, 0.3) is 0 Å². The number of rotatable bonds is 4. The lowest BCUT2D eigenvalue weighted by molar-refractivity contribution is 0.282. The van der Waals surface area contributed by atoms with Crippen LogP contribution in [0.1, 0.15) is 11.4 Å². The number of nitrogens with zero attached hydrogens (tertiary/aromatic N) is 3. The molecule has 17 heavy (non-hydrogen) atoms. The molecule has 0 radical (unpaired) electrons. The topological polar surface area (TPSA) is 41.3 Å². The first-order valence-electron chi connectivity index (χ1n) is 5.58. The molecule has 0 bridgehead atoms. The van der Waals surface area contributed by atoms with E-state index in [1.54, 1.807) is 6.20 Å². The smallest absolute Gasteiger partial charge is 0.127 e. The van der Waals surface area contributed by atoms with Crippen LogP contribution in [0.2, 0.25) is 0 Å². The molecule has 0 spiro atoms.